The minimum atomic E-state index is -0.141. The van der Waals surface area contributed by atoms with Crippen LogP contribution in [0.15, 0.2) is 24.0 Å². The van der Waals surface area contributed by atoms with E-state index < -0.39 is 0 Å². The van der Waals surface area contributed by atoms with Crippen molar-refractivity contribution in [3.05, 3.63) is 40.4 Å². The summed E-state index contributed by atoms with van der Waals surface area (Å²) in [6.45, 7) is 6.48. The Morgan fingerprint density at radius 2 is 2.11 bits per heavy atom. The average molecular weight is 262 g/mol. The van der Waals surface area contributed by atoms with Crippen LogP contribution in [0.1, 0.15) is 43.2 Å². The van der Waals surface area contributed by atoms with Crippen molar-refractivity contribution in [2.45, 2.75) is 38.6 Å². The van der Waals surface area contributed by atoms with E-state index in [1.54, 1.807) is 29.9 Å². The highest BCUT2D eigenvalue weighted by Gasteiger charge is 2.18. The fourth-order valence-corrected chi connectivity index (χ4v) is 2.62. The number of hydrogen-bond donors (Lipinski definition) is 1. The Labute approximate surface area is 111 Å². The van der Waals surface area contributed by atoms with Gasteiger partial charge in [-0.3, -0.25) is 9.97 Å². The Morgan fingerprint density at radius 1 is 1.33 bits per heavy atom. The summed E-state index contributed by atoms with van der Waals surface area (Å²) in [7, 11) is 0. The molecule has 0 aliphatic carbocycles. The van der Waals surface area contributed by atoms with Gasteiger partial charge in [-0.05, 0) is 0 Å². The van der Waals surface area contributed by atoms with E-state index in [9.17, 15) is 0 Å². The number of thiazole rings is 1. The van der Waals surface area contributed by atoms with Crippen molar-refractivity contribution in [1.82, 2.24) is 15.0 Å². The molecule has 2 rings (SSSR count). The van der Waals surface area contributed by atoms with Crippen molar-refractivity contribution in [2.75, 3.05) is 0 Å². The summed E-state index contributed by atoms with van der Waals surface area (Å²) in [6.07, 6.45) is 5.73. The predicted molar refractivity (Wildman–Crippen MR) is 73.5 cm³/mol. The van der Waals surface area contributed by atoms with E-state index in [4.69, 9.17) is 5.73 Å². The molecule has 0 radical (unpaired) electrons. The molecule has 5 heteroatoms. The van der Waals surface area contributed by atoms with Crippen LogP contribution in [0.5, 0.6) is 0 Å². The van der Waals surface area contributed by atoms with Gasteiger partial charge in [0.25, 0.3) is 0 Å². The second-order valence-corrected chi connectivity index (χ2v) is 6.26. The van der Waals surface area contributed by atoms with E-state index in [0.29, 0.717) is 6.42 Å². The number of nitrogens with two attached hydrogens (primary N) is 1. The minimum Gasteiger partial charge on any atom is -0.322 e. The number of nitrogens with zero attached hydrogens (tertiary/aromatic N) is 3. The smallest absolute Gasteiger partial charge is 0.0948 e. The molecular formula is C13H18N4S. The molecule has 0 bridgehead atoms. The summed E-state index contributed by atoms with van der Waals surface area (Å²) in [6, 6.07) is -0.141. The lowest BCUT2D eigenvalue weighted by molar-refractivity contribution is 0.568. The first-order valence-electron chi connectivity index (χ1n) is 5.93. The molecule has 0 saturated carbocycles. The van der Waals surface area contributed by atoms with Crippen LogP contribution in [-0.2, 0) is 11.8 Å². The number of rotatable bonds is 3. The topological polar surface area (TPSA) is 64.7 Å². The van der Waals surface area contributed by atoms with Crippen LogP contribution in [0.4, 0.5) is 0 Å². The Morgan fingerprint density at radius 3 is 2.67 bits per heavy atom. The van der Waals surface area contributed by atoms with Crippen LogP contribution in [0.3, 0.4) is 0 Å². The quantitative estimate of drug-likeness (QED) is 0.923. The van der Waals surface area contributed by atoms with Gasteiger partial charge in [-0.15, -0.1) is 11.3 Å². The van der Waals surface area contributed by atoms with Gasteiger partial charge in [0.05, 0.1) is 22.4 Å². The fourth-order valence-electron chi connectivity index (χ4n) is 1.54. The number of aromatic nitrogens is 3. The predicted octanol–water partition coefficient (Wildman–Crippen LogP) is 2.47. The first-order chi connectivity index (χ1) is 8.47. The molecule has 0 aromatic carbocycles. The Kier molecular flexibility index (Phi) is 3.73. The molecule has 2 aromatic heterocycles. The molecular weight excluding hydrogens is 244 g/mol. The van der Waals surface area contributed by atoms with Crippen molar-refractivity contribution in [3.8, 4) is 0 Å². The molecule has 0 saturated heterocycles. The molecule has 18 heavy (non-hydrogen) atoms. The number of hydrogen-bond acceptors (Lipinski definition) is 5. The molecule has 2 aromatic rings. The molecule has 0 spiro atoms. The van der Waals surface area contributed by atoms with E-state index in [-0.39, 0.29) is 11.5 Å². The highest BCUT2D eigenvalue weighted by Crippen LogP contribution is 2.25. The van der Waals surface area contributed by atoms with Gasteiger partial charge in [0, 0.05) is 35.8 Å². The summed E-state index contributed by atoms with van der Waals surface area (Å²) >= 11 is 1.66. The zero-order valence-corrected chi connectivity index (χ0v) is 11.7. The molecule has 4 nitrogen and oxygen atoms in total. The van der Waals surface area contributed by atoms with Crippen LogP contribution in [0, 0.1) is 0 Å². The van der Waals surface area contributed by atoms with Gasteiger partial charge >= 0.3 is 0 Å². The second kappa shape index (κ2) is 5.12. The van der Waals surface area contributed by atoms with Crippen molar-refractivity contribution >= 4 is 11.3 Å². The monoisotopic (exact) mass is 262 g/mol. The summed E-state index contributed by atoms with van der Waals surface area (Å²) in [5, 5.41) is 3.16. The van der Waals surface area contributed by atoms with E-state index in [1.807, 2.05) is 0 Å². The third-order valence-electron chi connectivity index (χ3n) is 2.68. The maximum Gasteiger partial charge on any atom is 0.0948 e. The van der Waals surface area contributed by atoms with E-state index in [2.05, 4.69) is 41.1 Å². The first-order valence-corrected chi connectivity index (χ1v) is 6.81. The van der Waals surface area contributed by atoms with Gasteiger partial charge in [0.15, 0.2) is 0 Å². The van der Waals surface area contributed by atoms with Crippen LogP contribution in [0.25, 0.3) is 0 Å². The lowest BCUT2D eigenvalue weighted by Crippen LogP contribution is -2.16. The Balaban J connectivity index is 2.08. The van der Waals surface area contributed by atoms with Crippen LogP contribution in [-0.4, -0.2) is 15.0 Å². The maximum absolute atomic E-state index is 6.11. The van der Waals surface area contributed by atoms with Crippen LogP contribution >= 0.6 is 11.3 Å². The van der Waals surface area contributed by atoms with E-state index in [1.165, 1.54) is 0 Å². The second-order valence-electron chi connectivity index (χ2n) is 5.32. The van der Waals surface area contributed by atoms with Crippen molar-refractivity contribution in [1.29, 1.82) is 0 Å². The van der Waals surface area contributed by atoms with Crippen molar-refractivity contribution < 1.29 is 0 Å². The molecule has 2 heterocycles. The zero-order valence-electron chi connectivity index (χ0n) is 10.9. The third-order valence-corrected chi connectivity index (χ3v) is 3.55. The zero-order chi connectivity index (χ0) is 13.2. The largest absolute Gasteiger partial charge is 0.322 e. The molecule has 0 fully saturated rings. The third kappa shape index (κ3) is 3.11. The SMILES string of the molecule is CC(C)(C)c1csc(CC(N)c2cnccn2)n1. The van der Waals surface area contributed by atoms with Crippen LogP contribution in [0.2, 0.25) is 0 Å². The van der Waals surface area contributed by atoms with E-state index >= 15 is 0 Å². The van der Waals surface area contributed by atoms with Gasteiger partial charge < -0.3 is 5.73 Å². The highest BCUT2D eigenvalue weighted by atomic mass is 32.1. The van der Waals surface area contributed by atoms with Gasteiger partial charge in [0.1, 0.15) is 0 Å². The lowest BCUT2D eigenvalue weighted by Gasteiger charge is -2.14. The summed E-state index contributed by atoms with van der Waals surface area (Å²) in [5.41, 5.74) is 8.13. The van der Waals surface area contributed by atoms with Crippen molar-refractivity contribution in [2.24, 2.45) is 5.73 Å². The Bertz CT molecular complexity index is 501. The maximum atomic E-state index is 6.11. The molecule has 1 atom stereocenters. The average Bonchev–Trinajstić information content (AvgIpc) is 2.78. The van der Waals surface area contributed by atoms with Gasteiger partial charge in [-0.25, -0.2) is 4.98 Å². The Hall–Kier alpha value is -1.33. The van der Waals surface area contributed by atoms with Crippen LogP contribution < -0.4 is 5.73 Å². The highest BCUT2D eigenvalue weighted by molar-refractivity contribution is 7.09. The molecule has 96 valence electrons. The van der Waals surface area contributed by atoms with Crippen molar-refractivity contribution in [3.63, 3.8) is 0 Å². The lowest BCUT2D eigenvalue weighted by atomic mass is 9.93. The summed E-state index contributed by atoms with van der Waals surface area (Å²) in [4.78, 5) is 12.9. The molecule has 0 aliphatic heterocycles. The first kappa shape index (κ1) is 13.1. The molecule has 0 amide bonds. The summed E-state index contributed by atoms with van der Waals surface area (Å²) in [5.74, 6) is 0. The van der Waals surface area contributed by atoms with E-state index in [0.717, 1.165) is 16.4 Å². The molecule has 1 unspecified atom stereocenters. The standard InChI is InChI=1S/C13H18N4S/c1-13(2,3)11-8-18-12(17-11)6-9(14)10-7-15-4-5-16-10/h4-5,7-9H,6,14H2,1-3H3. The minimum absolute atomic E-state index is 0.0887. The molecule has 2 N–H and O–H groups in total. The normalized spacial score (nSPS) is 13.6. The fraction of sp³-hybridized carbons (Fsp3) is 0.462. The summed E-state index contributed by atoms with van der Waals surface area (Å²) < 4.78 is 0. The van der Waals surface area contributed by atoms with Gasteiger partial charge in [-0.1, -0.05) is 20.8 Å². The van der Waals surface area contributed by atoms with Gasteiger partial charge in [-0.2, -0.15) is 0 Å². The van der Waals surface area contributed by atoms with Gasteiger partial charge in [0.2, 0.25) is 0 Å². The molecule has 0 aliphatic rings.